The van der Waals surface area contributed by atoms with Gasteiger partial charge in [-0.1, -0.05) is 12.1 Å². The zero-order valence-electron chi connectivity index (χ0n) is 13.8. The van der Waals surface area contributed by atoms with Crippen molar-refractivity contribution in [1.29, 1.82) is 0 Å². The van der Waals surface area contributed by atoms with Crippen LogP contribution in [0.5, 0.6) is 17.2 Å². The fourth-order valence-electron chi connectivity index (χ4n) is 1.96. The van der Waals surface area contributed by atoms with Crippen molar-refractivity contribution in [3.05, 3.63) is 55.0 Å². The number of carbonyl (C=O) groups is 1. The third kappa shape index (κ3) is 5.17. The fraction of sp³-hybridized carbons (Fsp3) is 0.125. The first kappa shape index (κ1) is 20.6. The molecule has 0 aliphatic rings. The quantitative estimate of drug-likeness (QED) is 0.340. The molecule has 0 saturated carbocycles. The number of nitrogens with zero attached hydrogens (tertiary/aromatic N) is 2. The van der Waals surface area contributed by atoms with Crippen molar-refractivity contribution < 1.29 is 24.3 Å². The molecule has 2 aromatic rings. The SMILES string of the molecule is COc1cc(Br)c(Br)c(/C=N\NC(=O)COc2ccccc2[N+](=O)[O-])c1O. The number of benzene rings is 2. The summed E-state index contributed by atoms with van der Waals surface area (Å²) in [4.78, 5) is 22.1. The predicted molar refractivity (Wildman–Crippen MR) is 104 cm³/mol. The van der Waals surface area contributed by atoms with Gasteiger partial charge in [0.05, 0.1) is 23.8 Å². The number of phenolic OH excluding ortho intramolecular Hbond substituents is 1. The Balaban J connectivity index is 2.03. The first-order valence-corrected chi connectivity index (χ1v) is 8.86. The summed E-state index contributed by atoms with van der Waals surface area (Å²) >= 11 is 6.59. The van der Waals surface area contributed by atoms with Crippen LogP contribution in [0, 0.1) is 10.1 Å². The molecule has 0 radical (unpaired) electrons. The number of nitro benzene ring substituents is 1. The van der Waals surface area contributed by atoms with Crippen LogP contribution in [0.2, 0.25) is 0 Å². The number of halogens is 2. The third-order valence-corrected chi connectivity index (χ3v) is 5.23. The molecular formula is C16H13Br2N3O6. The zero-order chi connectivity index (χ0) is 20.0. The Hall–Kier alpha value is -2.66. The molecule has 2 N–H and O–H groups in total. The summed E-state index contributed by atoms with van der Waals surface area (Å²) in [6, 6.07) is 7.27. The second-order valence-electron chi connectivity index (χ2n) is 4.94. The Kier molecular flexibility index (Phi) is 7.13. The van der Waals surface area contributed by atoms with E-state index in [1.165, 1.54) is 31.5 Å². The highest BCUT2D eigenvalue weighted by molar-refractivity contribution is 9.13. The van der Waals surface area contributed by atoms with Crippen LogP contribution in [0.15, 0.2) is 44.4 Å². The number of nitro groups is 1. The van der Waals surface area contributed by atoms with Gasteiger partial charge in [-0.25, -0.2) is 5.43 Å². The molecule has 0 bridgehead atoms. The van der Waals surface area contributed by atoms with Gasteiger partial charge in [-0.15, -0.1) is 0 Å². The van der Waals surface area contributed by atoms with Crippen LogP contribution in [-0.4, -0.2) is 35.9 Å². The number of para-hydroxylation sites is 2. The maximum Gasteiger partial charge on any atom is 0.310 e. The molecule has 0 aliphatic carbocycles. The molecule has 2 rings (SSSR count). The lowest BCUT2D eigenvalue weighted by Gasteiger charge is -2.09. The lowest BCUT2D eigenvalue weighted by atomic mass is 10.2. The lowest BCUT2D eigenvalue weighted by Crippen LogP contribution is -2.24. The lowest BCUT2D eigenvalue weighted by molar-refractivity contribution is -0.385. The van der Waals surface area contributed by atoms with Gasteiger partial charge in [0.1, 0.15) is 0 Å². The summed E-state index contributed by atoms with van der Waals surface area (Å²) in [5, 5.41) is 24.8. The molecule has 1 amide bonds. The number of ether oxygens (including phenoxy) is 2. The van der Waals surface area contributed by atoms with Crippen molar-refractivity contribution in [3.63, 3.8) is 0 Å². The molecule has 27 heavy (non-hydrogen) atoms. The Morgan fingerprint density at radius 1 is 1.37 bits per heavy atom. The van der Waals surface area contributed by atoms with Crippen LogP contribution < -0.4 is 14.9 Å². The molecule has 0 fully saturated rings. The van der Waals surface area contributed by atoms with Crippen molar-refractivity contribution in [2.24, 2.45) is 5.10 Å². The summed E-state index contributed by atoms with van der Waals surface area (Å²) in [7, 11) is 1.40. The van der Waals surface area contributed by atoms with Crippen LogP contribution >= 0.6 is 31.9 Å². The van der Waals surface area contributed by atoms with Gasteiger partial charge in [0.15, 0.2) is 23.9 Å². The number of hydrazone groups is 1. The first-order valence-electron chi connectivity index (χ1n) is 7.28. The summed E-state index contributed by atoms with van der Waals surface area (Å²) in [6.45, 7) is -0.475. The number of hydrogen-bond donors (Lipinski definition) is 2. The Bertz CT molecular complexity index is 904. The maximum absolute atomic E-state index is 11.8. The normalized spacial score (nSPS) is 10.6. The molecule has 11 heteroatoms. The second kappa shape index (κ2) is 9.33. The number of phenols is 1. The standard InChI is InChI=1S/C16H13Br2N3O6/c1-26-13-6-10(17)15(18)9(16(13)23)7-19-20-14(22)8-27-12-5-3-2-4-11(12)21(24)25/h2-7,23H,8H2,1H3,(H,20,22)/b19-7-. The Morgan fingerprint density at radius 2 is 2.07 bits per heavy atom. The molecule has 0 unspecified atom stereocenters. The predicted octanol–water partition coefficient (Wildman–Crippen LogP) is 3.36. The van der Waals surface area contributed by atoms with Crippen LogP contribution in [0.25, 0.3) is 0 Å². The van der Waals surface area contributed by atoms with E-state index >= 15 is 0 Å². The van der Waals surface area contributed by atoms with Crippen molar-refractivity contribution in [2.45, 2.75) is 0 Å². The van der Waals surface area contributed by atoms with E-state index in [2.05, 4.69) is 42.4 Å². The van der Waals surface area contributed by atoms with E-state index in [1.54, 1.807) is 12.1 Å². The van der Waals surface area contributed by atoms with E-state index in [1.807, 2.05) is 0 Å². The van der Waals surface area contributed by atoms with Gasteiger partial charge in [-0.3, -0.25) is 14.9 Å². The van der Waals surface area contributed by atoms with E-state index in [4.69, 9.17) is 9.47 Å². The number of rotatable bonds is 7. The summed E-state index contributed by atoms with van der Waals surface area (Å²) < 4.78 is 11.3. The Labute approximate surface area is 170 Å². The molecule has 0 aromatic heterocycles. The van der Waals surface area contributed by atoms with Crippen LogP contribution in [0.3, 0.4) is 0 Å². The number of nitrogens with one attached hydrogen (secondary N) is 1. The molecular weight excluding hydrogens is 490 g/mol. The molecule has 0 spiro atoms. The minimum atomic E-state index is -0.637. The second-order valence-corrected chi connectivity index (χ2v) is 6.59. The van der Waals surface area contributed by atoms with Gasteiger partial charge in [-0.05, 0) is 44.0 Å². The van der Waals surface area contributed by atoms with E-state index in [0.717, 1.165) is 0 Å². The van der Waals surface area contributed by atoms with Gasteiger partial charge in [0.2, 0.25) is 0 Å². The molecule has 9 nitrogen and oxygen atoms in total. The van der Waals surface area contributed by atoms with Gasteiger partial charge >= 0.3 is 5.69 Å². The molecule has 0 saturated heterocycles. The van der Waals surface area contributed by atoms with E-state index in [9.17, 15) is 20.0 Å². The average molecular weight is 503 g/mol. The maximum atomic E-state index is 11.8. The number of hydrogen-bond acceptors (Lipinski definition) is 7. The molecule has 0 heterocycles. The van der Waals surface area contributed by atoms with Gasteiger partial charge in [0.25, 0.3) is 5.91 Å². The highest BCUT2D eigenvalue weighted by Gasteiger charge is 2.16. The molecule has 0 aliphatic heterocycles. The highest BCUT2D eigenvalue weighted by Crippen LogP contribution is 2.39. The number of amides is 1. The van der Waals surface area contributed by atoms with Gasteiger partial charge < -0.3 is 14.6 Å². The molecule has 2 aromatic carbocycles. The minimum Gasteiger partial charge on any atom is -0.504 e. The number of aromatic hydroxyl groups is 1. The van der Waals surface area contributed by atoms with Crippen LogP contribution in [0.1, 0.15) is 5.56 Å². The molecule has 0 atom stereocenters. The smallest absolute Gasteiger partial charge is 0.310 e. The summed E-state index contributed by atoms with van der Waals surface area (Å²) in [6.07, 6.45) is 1.22. The van der Waals surface area contributed by atoms with Gasteiger partial charge in [-0.2, -0.15) is 5.10 Å². The van der Waals surface area contributed by atoms with Crippen molar-refractivity contribution in [1.82, 2.24) is 5.43 Å². The largest absolute Gasteiger partial charge is 0.504 e. The number of carbonyl (C=O) groups excluding carboxylic acids is 1. The van der Waals surface area contributed by atoms with Crippen molar-refractivity contribution >= 4 is 49.7 Å². The third-order valence-electron chi connectivity index (χ3n) is 3.22. The average Bonchev–Trinajstić information content (AvgIpc) is 2.65. The monoisotopic (exact) mass is 501 g/mol. The van der Waals surface area contributed by atoms with Crippen molar-refractivity contribution in [2.75, 3.05) is 13.7 Å². The van der Waals surface area contributed by atoms with Gasteiger partial charge in [0, 0.05) is 15.0 Å². The van der Waals surface area contributed by atoms with E-state index in [0.29, 0.717) is 8.95 Å². The molecule has 142 valence electrons. The minimum absolute atomic E-state index is 0.0289. The van der Waals surface area contributed by atoms with E-state index < -0.39 is 17.4 Å². The fourth-order valence-corrected chi connectivity index (χ4v) is 2.79. The van der Waals surface area contributed by atoms with Crippen LogP contribution in [-0.2, 0) is 4.79 Å². The Morgan fingerprint density at radius 3 is 2.74 bits per heavy atom. The highest BCUT2D eigenvalue weighted by atomic mass is 79.9. The van der Waals surface area contributed by atoms with Crippen molar-refractivity contribution in [3.8, 4) is 17.2 Å². The summed E-state index contributed by atoms with van der Waals surface area (Å²) in [5.41, 5.74) is 2.24. The summed E-state index contributed by atoms with van der Waals surface area (Å²) in [5.74, 6) is -0.611. The zero-order valence-corrected chi connectivity index (χ0v) is 17.0. The number of methoxy groups -OCH3 is 1. The topological polar surface area (TPSA) is 123 Å². The van der Waals surface area contributed by atoms with Crippen LogP contribution in [0.4, 0.5) is 5.69 Å². The first-order chi connectivity index (χ1) is 12.8. The van der Waals surface area contributed by atoms with E-state index in [-0.39, 0.29) is 28.5 Å².